The van der Waals surface area contributed by atoms with Gasteiger partial charge in [-0.1, -0.05) is 12.1 Å². The summed E-state index contributed by atoms with van der Waals surface area (Å²) in [7, 11) is 0. The Bertz CT molecular complexity index is 1200. The second-order valence-corrected chi connectivity index (χ2v) is 8.34. The third kappa shape index (κ3) is 4.43. The minimum atomic E-state index is -0.431. The summed E-state index contributed by atoms with van der Waals surface area (Å²) in [5.41, 5.74) is 17.4. The van der Waals surface area contributed by atoms with Gasteiger partial charge in [0.2, 0.25) is 0 Å². The molecule has 0 radical (unpaired) electrons. The SMILES string of the molecule is NCC1NCCc2cc(-c3cnc(N)c(C(=O)Nc4cnccc4N4CCOCC4)n3)ccc21. The molecule has 2 aromatic heterocycles. The molecule has 0 aliphatic carbocycles. The quantitative estimate of drug-likeness (QED) is 0.443. The minimum absolute atomic E-state index is 0.0726. The summed E-state index contributed by atoms with van der Waals surface area (Å²) >= 11 is 0. The van der Waals surface area contributed by atoms with Gasteiger partial charge in [-0.2, -0.15) is 0 Å². The van der Waals surface area contributed by atoms with E-state index < -0.39 is 5.91 Å². The van der Waals surface area contributed by atoms with E-state index in [1.165, 1.54) is 11.1 Å². The zero-order valence-corrected chi connectivity index (χ0v) is 18.8. The Hall–Kier alpha value is -3.60. The van der Waals surface area contributed by atoms with E-state index in [2.05, 4.69) is 42.6 Å². The first-order chi connectivity index (χ1) is 16.6. The van der Waals surface area contributed by atoms with Crippen LogP contribution in [-0.2, 0) is 11.2 Å². The number of fused-ring (bicyclic) bond motifs is 1. The van der Waals surface area contributed by atoms with Gasteiger partial charge in [0.15, 0.2) is 11.5 Å². The van der Waals surface area contributed by atoms with Crippen LogP contribution in [0.1, 0.15) is 27.7 Å². The van der Waals surface area contributed by atoms with Crippen molar-refractivity contribution in [1.29, 1.82) is 0 Å². The van der Waals surface area contributed by atoms with Crippen LogP contribution in [0.25, 0.3) is 11.3 Å². The van der Waals surface area contributed by atoms with Gasteiger partial charge < -0.3 is 31.7 Å². The number of nitrogens with one attached hydrogen (secondary N) is 2. The largest absolute Gasteiger partial charge is 0.382 e. The van der Waals surface area contributed by atoms with E-state index in [-0.39, 0.29) is 17.6 Å². The molecule has 2 aliphatic heterocycles. The zero-order valence-electron chi connectivity index (χ0n) is 18.8. The third-order valence-corrected chi connectivity index (χ3v) is 6.25. The van der Waals surface area contributed by atoms with E-state index in [9.17, 15) is 4.79 Å². The number of carbonyl (C=O) groups is 1. The highest BCUT2D eigenvalue weighted by Gasteiger charge is 2.21. The van der Waals surface area contributed by atoms with Gasteiger partial charge in [0.05, 0.1) is 42.7 Å². The topological polar surface area (TPSA) is 144 Å². The third-order valence-electron chi connectivity index (χ3n) is 6.25. The molecule has 10 heteroatoms. The number of hydrogen-bond acceptors (Lipinski definition) is 9. The van der Waals surface area contributed by atoms with Gasteiger partial charge in [-0.05, 0) is 36.2 Å². The summed E-state index contributed by atoms with van der Waals surface area (Å²) in [6.45, 7) is 4.17. The van der Waals surface area contributed by atoms with Crippen molar-refractivity contribution in [2.24, 2.45) is 5.73 Å². The average molecular weight is 461 g/mol. The molecule has 1 aromatic carbocycles. The maximum Gasteiger partial charge on any atom is 0.278 e. The fraction of sp³-hybridized carbons (Fsp3) is 0.333. The molecule has 0 bridgehead atoms. The molecule has 5 rings (SSSR count). The first kappa shape index (κ1) is 22.2. The Kier molecular flexibility index (Phi) is 6.35. The second-order valence-electron chi connectivity index (χ2n) is 8.34. The van der Waals surface area contributed by atoms with E-state index in [0.29, 0.717) is 31.1 Å². The van der Waals surface area contributed by atoms with Crippen LogP contribution < -0.4 is 27.0 Å². The summed E-state index contributed by atoms with van der Waals surface area (Å²) in [5.74, 6) is -0.358. The molecule has 1 unspecified atom stereocenters. The molecule has 1 saturated heterocycles. The number of hydrogen-bond donors (Lipinski definition) is 4. The van der Waals surface area contributed by atoms with Gasteiger partial charge in [0.1, 0.15) is 0 Å². The molecule has 3 aromatic rings. The molecule has 1 fully saturated rings. The lowest BCUT2D eigenvalue weighted by atomic mass is 9.92. The summed E-state index contributed by atoms with van der Waals surface area (Å²) < 4.78 is 5.44. The van der Waals surface area contributed by atoms with Crippen molar-refractivity contribution in [3.63, 3.8) is 0 Å². The van der Waals surface area contributed by atoms with Crippen LogP contribution in [0.3, 0.4) is 0 Å². The highest BCUT2D eigenvalue weighted by molar-refractivity contribution is 6.07. The van der Waals surface area contributed by atoms with E-state index in [1.54, 1.807) is 18.6 Å². The number of nitrogens with two attached hydrogens (primary N) is 2. The van der Waals surface area contributed by atoms with Crippen molar-refractivity contribution in [3.8, 4) is 11.3 Å². The van der Waals surface area contributed by atoms with Crippen LogP contribution in [-0.4, -0.2) is 60.3 Å². The Balaban J connectivity index is 1.41. The Morgan fingerprint density at radius 1 is 1.24 bits per heavy atom. The maximum atomic E-state index is 13.2. The maximum absolute atomic E-state index is 13.2. The summed E-state index contributed by atoms with van der Waals surface area (Å²) in [6, 6.07) is 8.17. The molecule has 34 heavy (non-hydrogen) atoms. The van der Waals surface area contributed by atoms with Crippen molar-refractivity contribution in [2.75, 3.05) is 55.3 Å². The van der Waals surface area contributed by atoms with Crippen molar-refractivity contribution in [1.82, 2.24) is 20.3 Å². The lowest BCUT2D eigenvalue weighted by molar-refractivity contribution is 0.102. The number of nitrogens with zero attached hydrogens (tertiary/aromatic N) is 4. The normalized spacial score (nSPS) is 17.8. The number of carbonyl (C=O) groups excluding carboxylic acids is 1. The summed E-state index contributed by atoms with van der Waals surface area (Å²) in [6.07, 6.45) is 5.83. The van der Waals surface area contributed by atoms with Crippen LogP contribution in [0.15, 0.2) is 42.9 Å². The predicted molar refractivity (Wildman–Crippen MR) is 131 cm³/mol. The van der Waals surface area contributed by atoms with E-state index in [0.717, 1.165) is 37.3 Å². The summed E-state index contributed by atoms with van der Waals surface area (Å²) in [5, 5.41) is 6.35. The van der Waals surface area contributed by atoms with Crippen molar-refractivity contribution in [2.45, 2.75) is 12.5 Å². The van der Waals surface area contributed by atoms with Gasteiger partial charge in [-0.25, -0.2) is 9.97 Å². The first-order valence-electron chi connectivity index (χ1n) is 11.4. The predicted octanol–water partition coefficient (Wildman–Crippen LogP) is 1.36. The smallest absolute Gasteiger partial charge is 0.278 e. The number of ether oxygens (including phenoxy) is 1. The molecule has 176 valence electrons. The van der Waals surface area contributed by atoms with Crippen molar-refractivity contribution >= 4 is 23.1 Å². The molecule has 4 heterocycles. The number of nitrogen functional groups attached to an aromatic ring is 1. The lowest BCUT2D eigenvalue weighted by Crippen LogP contribution is -2.36. The van der Waals surface area contributed by atoms with E-state index >= 15 is 0 Å². The molecular weight excluding hydrogens is 432 g/mol. The molecular formula is C24H28N8O2. The number of pyridine rings is 1. The van der Waals surface area contributed by atoms with Gasteiger partial charge in [0, 0.05) is 37.4 Å². The van der Waals surface area contributed by atoms with Crippen LogP contribution in [0.5, 0.6) is 0 Å². The highest BCUT2D eigenvalue weighted by atomic mass is 16.5. The van der Waals surface area contributed by atoms with Crippen molar-refractivity contribution in [3.05, 3.63) is 59.7 Å². The van der Waals surface area contributed by atoms with Crippen molar-refractivity contribution < 1.29 is 9.53 Å². The van der Waals surface area contributed by atoms with Gasteiger partial charge in [-0.15, -0.1) is 0 Å². The first-order valence-corrected chi connectivity index (χ1v) is 11.4. The second kappa shape index (κ2) is 9.72. The molecule has 2 aliphatic rings. The van der Waals surface area contributed by atoms with Crippen LogP contribution >= 0.6 is 0 Å². The number of rotatable bonds is 5. The Labute approximate surface area is 197 Å². The molecule has 0 saturated carbocycles. The van der Waals surface area contributed by atoms with Gasteiger partial charge in [-0.3, -0.25) is 9.78 Å². The zero-order chi connectivity index (χ0) is 23.5. The van der Waals surface area contributed by atoms with E-state index in [4.69, 9.17) is 16.2 Å². The number of aromatic nitrogens is 3. The Morgan fingerprint density at radius 2 is 2.09 bits per heavy atom. The monoisotopic (exact) mass is 460 g/mol. The van der Waals surface area contributed by atoms with Gasteiger partial charge in [0.25, 0.3) is 5.91 Å². The molecule has 6 N–H and O–H groups in total. The number of morpholine rings is 1. The minimum Gasteiger partial charge on any atom is -0.382 e. The molecule has 0 spiro atoms. The number of benzene rings is 1. The van der Waals surface area contributed by atoms with Crippen LogP contribution in [0.2, 0.25) is 0 Å². The highest BCUT2D eigenvalue weighted by Crippen LogP contribution is 2.29. The lowest BCUT2D eigenvalue weighted by Gasteiger charge is -2.30. The summed E-state index contributed by atoms with van der Waals surface area (Å²) in [4.78, 5) is 28.3. The Morgan fingerprint density at radius 3 is 2.91 bits per heavy atom. The standard InChI is InChI=1S/C24H28N8O2/c25-12-18-17-2-1-16(11-15(17)3-6-28-18)19-14-29-23(26)22(30-19)24(33)31-20-13-27-5-4-21(20)32-7-9-34-10-8-32/h1-2,4-5,11,13-14,18,28H,3,6-10,12,25H2,(H2,26,29)(H,31,33). The average Bonchev–Trinajstić information content (AvgIpc) is 2.89. The fourth-order valence-electron chi connectivity index (χ4n) is 4.47. The number of anilines is 3. The molecule has 1 amide bonds. The fourth-order valence-corrected chi connectivity index (χ4v) is 4.47. The molecule has 1 atom stereocenters. The van der Waals surface area contributed by atoms with Crippen LogP contribution in [0, 0.1) is 0 Å². The van der Waals surface area contributed by atoms with Crippen LogP contribution in [0.4, 0.5) is 17.2 Å². The van der Waals surface area contributed by atoms with Gasteiger partial charge >= 0.3 is 0 Å². The van der Waals surface area contributed by atoms with E-state index in [1.807, 2.05) is 12.1 Å². The molecule has 10 nitrogen and oxygen atoms in total. The number of amides is 1.